The van der Waals surface area contributed by atoms with E-state index in [0.717, 1.165) is 0 Å². The Labute approximate surface area is 157 Å². The molecule has 1 aliphatic carbocycles. The molecule has 0 saturated heterocycles. The summed E-state index contributed by atoms with van der Waals surface area (Å²) in [5.41, 5.74) is 6.15. The van der Waals surface area contributed by atoms with E-state index in [1.165, 1.54) is 28.0 Å². The molecule has 0 heterocycles. The second kappa shape index (κ2) is 7.35. The Balaban J connectivity index is 2.10. The van der Waals surface area contributed by atoms with Crippen LogP contribution in [0.15, 0.2) is 84.5 Å². The van der Waals surface area contributed by atoms with Crippen molar-refractivity contribution in [1.29, 1.82) is 0 Å². The molecule has 0 saturated carbocycles. The van der Waals surface area contributed by atoms with Crippen molar-refractivity contribution < 1.29 is 0 Å². The number of likely N-dealkylation sites (N-methyl/N-ethyl adjacent to an activating group) is 1. The first-order chi connectivity index (χ1) is 12.4. The smallest absolute Gasteiger partial charge is 0.0548 e. The van der Waals surface area contributed by atoms with Crippen molar-refractivity contribution in [2.24, 2.45) is 0 Å². The number of anilines is 1. The second-order valence-corrected chi connectivity index (χ2v) is 7.42. The molecule has 0 atom stereocenters. The van der Waals surface area contributed by atoms with Crippen LogP contribution in [0.25, 0.3) is 5.57 Å². The normalized spacial score (nSPS) is 19.1. The molecule has 2 nitrogen and oxygen atoms in total. The average Bonchev–Trinajstić information content (AvgIpc) is 2.65. The lowest BCUT2D eigenvalue weighted by molar-refractivity contribution is 0.284. The standard InChI is InChI=1S/C24H28N2/c1-24(26(4)5)17-15-21(16-18-24)23(19-9-7-6-8-10-19)20-11-13-22(14-12-20)25(2)3/h6-18H,1-5H3. The van der Waals surface area contributed by atoms with Crippen molar-refractivity contribution in [2.45, 2.75) is 12.5 Å². The molecule has 134 valence electrons. The third-order valence-electron chi connectivity index (χ3n) is 5.19. The minimum Gasteiger partial charge on any atom is -0.378 e. The molecular formula is C24H28N2. The number of hydrogen-bond acceptors (Lipinski definition) is 2. The molecule has 0 radical (unpaired) electrons. The van der Waals surface area contributed by atoms with Crippen LogP contribution >= 0.6 is 0 Å². The summed E-state index contributed by atoms with van der Waals surface area (Å²) in [6.45, 7) is 2.23. The molecule has 0 fully saturated rings. The molecule has 3 rings (SSSR count). The van der Waals surface area contributed by atoms with Crippen LogP contribution in [-0.2, 0) is 0 Å². The second-order valence-electron chi connectivity index (χ2n) is 7.42. The third-order valence-corrected chi connectivity index (χ3v) is 5.19. The van der Waals surface area contributed by atoms with Gasteiger partial charge in [-0.05, 0) is 55.4 Å². The predicted molar refractivity (Wildman–Crippen MR) is 114 cm³/mol. The van der Waals surface area contributed by atoms with Crippen molar-refractivity contribution in [3.05, 3.63) is 95.6 Å². The fraction of sp³-hybridized carbons (Fsp3) is 0.250. The molecule has 0 amide bonds. The average molecular weight is 345 g/mol. The van der Waals surface area contributed by atoms with Gasteiger partial charge in [0.05, 0.1) is 5.54 Å². The van der Waals surface area contributed by atoms with Crippen molar-refractivity contribution in [3.8, 4) is 0 Å². The number of hydrogen-bond donors (Lipinski definition) is 0. The number of benzene rings is 2. The van der Waals surface area contributed by atoms with E-state index in [1.807, 2.05) is 0 Å². The van der Waals surface area contributed by atoms with E-state index < -0.39 is 0 Å². The van der Waals surface area contributed by atoms with Crippen LogP contribution in [0.4, 0.5) is 5.69 Å². The van der Waals surface area contributed by atoms with Crippen LogP contribution in [0.2, 0.25) is 0 Å². The number of nitrogens with zero attached hydrogens (tertiary/aromatic N) is 2. The van der Waals surface area contributed by atoms with Gasteiger partial charge < -0.3 is 4.90 Å². The SMILES string of the molecule is CN(C)c1ccc(C(=C2C=CC(C)(N(C)C)C=C2)c2ccccc2)cc1. The molecular weight excluding hydrogens is 316 g/mol. The van der Waals surface area contributed by atoms with Crippen LogP contribution in [0.3, 0.4) is 0 Å². The summed E-state index contributed by atoms with van der Waals surface area (Å²) in [5.74, 6) is 0. The molecule has 0 aromatic heterocycles. The van der Waals surface area contributed by atoms with E-state index in [2.05, 4.69) is 124 Å². The number of allylic oxidation sites excluding steroid dienone is 3. The quantitative estimate of drug-likeness (QED) is 0.770. The molecule has 2 aromatic carbocycles. The Hall–Kier alpha value is -2.58. The minimum atomic E-state index is -0.0416. The van der Waals surface area contributed by atoms with Gasteiger partial charge >= 0.3 is 0 Å². The first-order valence-corrected chi connectivity index (χ1v) is 9.04. The Bertz CT molecular complexity index is 822. The van der Waals surface area contributed by atoms with E-state index in [0.29, 0.717) is 0 Å². The van der Waals surface area contributed by atoms with E-state index in [-0.39, 0.29) is 5.54 Å². The Kier molecular flexibility index (Phi) is 5.15. The zero-order valence-corrected chi connectivity index (χ0v) is 16.4. The molecule has 0 aliphatic heterocycles. The van der Waals surface area contributed by atoms with Crippen LogP contribution in [-0.4, -0.2) is 38.6 Å². The molecule has 0 N–H and O–H groups in total. The summed E-state index contributed by atoms with van der Waals surface area (Å²) in [5, 5.41) is 0. The topological polar surface area (TPSA) is 6.48 Å². The van der Waals surface area contributed by atoms with E-state index >= 15 is 0 Å². The molecule has 2 aromatic rings. The van der Waals surface area contributed by atoms with Crippen molar-refractivity contribution in [2.75, 3.05) is 33.1 Å². The van der Waals surface area contributed by atoms with Crippen molar-refractivity contribution in [3.63, 3.8) is 0 Å². The largest absolute Gasteiger partial charge is 0.378 e. The van der Waals surface area contributed by atoms with Crippen molar-refractivity contribution in [1.82, 2.24) is 4.90 Å². The van der Waals surface area contributed by atoms with E-state index in [4.69, 9.17) is 0 Å². The Morgan fingerprint density at radius 1 is 0.731 bits per heavy atom. The monoisotopic (exact) mass is 344 g/mol. The molecule has 0 bridgehead atoms. The highest BCUT2D eigenvalue weighted by molar-refractivity contribution is 5.86. The zero-order chi connectivity index (χ0) is 18.7. The molecule has 0 unspecified atom stereocenters. The van der Waals surface area contributed by atoms with E-state index in [1.54, 1.807) is 0 Å². The third kappa shape index (κ3) is 3.66. The Morgan fingerprint density at radius 2 is 1.27 bits per heavy atom. The lowest BCUT2D eigenvalue weighted by atomic mass is 9.87. The number of rotatable bonds is 4. The molecule has 2 heteroatoms. The predicted octanol–water partition coefficient (Wildman–Crippen LogP) is 5.00. The van der Waals surface area contributed by atoms with Gasteiger partial charge in [0.25, 0.3) is 0 Å². The van der Waals surface area contributed by atoms with Crippen LogP contribution in [0, 0.1) is 0 Å². The van der Waals surface area contributed by atoms with Gasteiger partial charge in [-0.1, -0.05) is 66.8 Å². The molecule has 1 aliphatic rings. The van der Waals surface area contributed by atoms with Gasteiger partial charge in [0.2, 0.25) is 0 Å². The first kappa shape index (κ1) is 18.2. The summed E-state index contributed by atoms with van der Waals surface area (Å²) < 4.78 is 0. The summed E-state index contributed by atoms with van der Waals surface area (Å²) in [4.78, 5) is 4.35. The van der Waals surface area contributed by atoms with Gasteiger partial charge in [-0.15, -0.1) is 0 Å². The van der Waals surface area contributed by atoms with Crippen LogP contribution < -0.4 is 4.90 Å². The van der Waals surface area contributed by atoms with Gasteiger partial charge in [-0.25, -0.2) is 0 Å². The van der Waals surface area contributed by atoms with Gasteiger partial charge in [-0.3, -0.25) is 4.90 Å². The van der Waals surface area contributed by atoms with Gasteiger partial charge in [0, 0.05) is 19.8 Å². The van der Waals surface area contributed by atoms with Crippen LogP contribution in [0.1, 0.15) is 18.1 Å². The maximum atomic E-state index is 2.28. The minimum absolute atomic E-state index is 0.0416. The summed E-state index contributed by atoms with van der Waals surface area (Å²) in [6.07, 6.45) is 9.06. The molecule has 0 spiro atoms. The maximum Gasteiger partial charge on any atom is 0.0548 e. The molecule has 26 heavy (non-hydrogen) atoms. The van der Waals surface area contributed by atoms with E-state index in [9.17, 15) is 0 Å². The van der Waals surface area contributed by atoms with Crippen LogP contribution in [0.5, 0.6) is 0 Å². The lowest BCUT2D eigenvalue weighted by Gasteiger charge is -2.33. The van der Waals surface area contributed by atoms with Gasteiger partial charge in [0.1, 0.15) is 0 Å². The highest BCUT2D eigenvalue weighted by atomic mass is 15.1. The Morgan fingerprint density at radius 3 is 1.77 bits per heavy atom. The summed E-state index contributed by atoms with van der Waals surface area (Å²) >= 11 is 0. The summed E-state index contributed by atoms with van der Waals surface area (Å²) in [7, 11) is 8.36. The highest BCUT2D eigenvalue weighted by Gasteiger charge is 2.23. The summed E-state index contributed by atoms with van der Waals surface area (Å²) in [6, 6.07) is 19.4. The first-order valence-electron chi connectivity index (χ1n) is 9.04. The van der Waals surface area contributed by atoms with Gasteiger partial charge in [-0.2, -0.15) is 0 Å². The fourth-order valence-electron chi connectivity index (χ4n) is 3.12. The highest BCUT2D eigenvalue weighted by Crippen LogP contribution is 2.33. The van der Waals surface area contributed by atoms with Gasteiger partial charge in [0.15, 0.2) is 0 Å². The maximum absolute atomic E-state index is 2.28. The fourth-order valence-corrected chi connectivity index (χ4v) is 3.12. The lowest BCUT2D eigenvalue weighted by Crippen LogP contribution is -2.38. The van der Waals surface area contributed by atoms with Crippen molar-refractivity contribution >= 4 is 11.3 Å². The zero-order valence-electron chi connectivity index (χ0n) is 16.4.